The number of carbonyl (C=O) groups excluding carboxylic acids is 1. The molecule has 0 bridgehead atoms. The molecule has 0 saturated carbocycles. The highest BCUT2D eigenvalue weighted by atomic mass is 16.5. The van der Waals surface area contributed by atoms with E-state index in [9.17, 15) is 4.79 Å². The molecule has 0 radical (unpaired) electrons. The van der Waals surface area contributed by atoms with Crippen molar-refractivity contribution in [3.05, 3.63) is 53.6 Å². The molecule has 28 heavy (non-hydrogen) atoms. The van der Waals surface area contributed by atoms with Crippen LogP contribution in [-0.2, 0) is 10.3 Å². The molecule has 1 unspecified atom stereocenters. The van der Waals surface area contributed by atoms with Crippen molar-refractivity contribution in [1.29, 1.82) is 0 Å². The van der Waals surface area contributed by atoms with Crippen molar-refractivity contribution >= 4 is 5.97 Å². The van der Waals surface area contributed by atoms with Gasteiger partial charge in [-0.2, -0.15) is 0 Å². The summed E-state index contributed by atoms with van der Waals surface area (Å²) in [5.74, 6) is 0.850. The molecule has 150 valence electrons. The third kappa shape index (κ3) is 4.07. The highest BCUT2D eigenvalue weighted by molar-refractivity contribution is 5.91. The molecule has 1 atom stereocenters. The van der Waals surface area contributed by atoms with Crippen molar-refractivity contribution < 1.29 is 23.7 Å². The van der Waals surface area contributed by atoms with Crippen LogP contribution in [-0.4, -0.2) is 40.5 Å². The largest absolute Gasteiger partial charge is 0.493 e. The number of hydrogen-bond donors (Lipinski definition) is 1. The summed E-state index contributed by atoms with van der Waals surface area (Å²) in [4.78, 5) is 12.8. The van der Waals surface area contributed by atoms with Crippen molar-refractivity contribution in [3.63, 3.8) is 0 Å². The van der Waals surface area contributed by atoms with E-state index in [0.717, 1.165) is 31.4 Å². The van der Waals surface area contributed by atoms with Gasteiger partial charge in [0, 0.05) is 0 Å². The second-order valence-corrected chi connectivity index (χ2v) is 6.82. The molecule has 0 amide bonds. The Morgan fingerprint density at radius 2 is 1.68 bits per heavy atom. The molecule has 0 aromatic heterocycles. The lowest BCUT2D eigenvalue weighted by Crippen LogP contribution is -2.49. The molecule has 1 fully saturated rings. The first-order valence-corrected chi connectivity index (χ1v) is 9.41. The number of nitrogens with one attached hydrogen (secondary N) is 1. The Bertz CT molecular complexity index is 775. The average Bonchev–Trinajstić information content (AvgIpc) is 2.77. The predicted molar refractivity (Wildman–Crippen MR) is 106 cm³/mol. The van der Waals surface area contributed by atoms with Gasteiger partial charge in [-0.1, -0.05) is 30.3 Å². The summed E-state index contributed by atoms with van der Waals surface area (Å²) in [6.07, 6.45) is 3.12. The number of hydrogen-bond acceptors (Lipinski definition) is 6. The first-order chi connectivity index (χ1) is 13.6. The zero-order chi connectivity index (χ0) is 20.0. The number of ether oxygens (including phenoxy) is 4. The molecule has 6 nitrogen and oxygen atoms in total. The zero-order valence-corrected chi connectivity index (χ0v) is 16.6. The fourth-order valence-electron chi connectivity index (χ4n) is 3.65. The smallest absolute Gasteiger partial charge is 0.338 e. The van der Waals surface area contributed by atoms with Crippen LogP contribution in [0.2, 0.25) is 0 Å². The summed E-state index contributed by atoms with van der Waals surface area (Å²) < 4.78 is 21.7. The minimum absolute atomic E-state index is 0.256. The van der Waals surface area contributed by atoms with Crippen molar-refractivity contribution in [2.24, 2.45) is 0 Å². The molecule has 1 aliphatic rings. The second-order valence-electron chi connectivity index (χ2n) is 6.82. The Labute approximate surface area is 165 Å². The first-order valence-electron chi connectivity index (χ1n) is 9.41. The molecule has 2 aromatic rings. The van der Waals surface area contributed by atoms with Crippen LogP contribution in [0.4, 0.5) is 0 Å². The summed E-state index contributed by atoms with van der Waals surface area (Å²) in [6.45, 7) is 1.16. The van der Waals surface area contributed by atoms with E-state index < -0.39 is 5.97 Å². The summed E-state index contributed by atoms with van der Waals surface area (Å²) >= 11 is 0. The Balaban J connectivity index is 1.82. The van der Waals surface area contributed by atoms with Crippen molar-refractivity contribution in [2.45, 2.75) is 24.8 Å². The van der Waals surface area contributed by atoms with Gasteiger partial charge in [0.1, 0.15) is 6.61 Å². The molecule has 2 aromatic carbocycles. The standard InChI is InChI=1S/C22H27NO5/c1-25-18-13-16(14-19(26-2)20(18)27-3)21(24)28-15-22(11-7-8-12-23-22)17-9-5-4-6-10-17/h4-6,9-10,13-14,23H,7-8,11-12,15H2,1-3H3. The van der Waals surface area contributed by atoms with E-state index in [0.29, 0.717) is 22.8 Å². The summed E-state index contributed by atoms with van der Waals surface area (Å²) in [5.41, 5.74) is 1.12. The van der Waals surface area contributed by atoms with Gasteiger partial charge in [-0.25, -0.2) is 4.79 Å². The molecule has 0 spiro atoms. The lowest BCUT2D eigenvalue weighted by Gasteiger charge is -2.38. The van der Waals surface area contributed by atoms with Gasteiger partial charge in [-0.15, -0.1) is 0 Å². The molecular formula is C22H27NO5. The minimum Gasteiger partial charge on any atom is -0.493 e. The molecule has 6 heteroatoms. The number of piperidine rings is 1. The van der Waals surface area contributed by atoms with Crippen LogP contribution in [0, 0.1) is 0 Å². The van der Waals surface area contributed by atoms with E-state index in [4.69, 9.17) is 18.9 Å². The van der Waals surface area contributed by atoms with Gasteiger partial charge in [-0.3, -0.25) is 0 Å². The third-order valence-corrected chi connectivity index (χ3v) is 5.17. The molecule has 1 aliphatic heterocycles. The lowest BCUT2D eigenvalue weighted by atomic mass is 9.83. The van der Waals surface area contributed by atoms with E-state index in [1.165, 1.54) is 21.3 Å². The van der Waals surface area contributed by atoms with Gasteiger partial charge in [0.2, 0.25) is 5.75 Å². The normalized spacial score (nSPS) is 19.0. The Kier molecular flexibility index (Phi) is 6.41. The fraction of sp³-hybridized carbons (Fsp3) is 0.409. The second kappa shape index (κ2) is 8.97. The Morgan fingerprint density at radius 3 is 2.21 bits per heavy atom. The fourth-order valence-corrected chi connectivity index (χ4v) is 3.65. The molecular weight excluding hydrogens is 358 g/mol. The third-order valence-electron chi connectivity index (χ3n) is 5.17. The van der Waals surface area contributed by atoms with Crippen molar-refractivity contribution in [3.8, 4) is 17.2 Å². The predicted octanol–water partition coefficient (Wildman–Crippen LogP) is 3.54. The summed E-state index contributed by atoms with van der Waals surface area (Å²) in [6, 6.07) is 13.4. The highest BCUT2D eigenvalue weighted by Crippen LogP contribution is 2.38. The number of carbonyl (C=O) groups is 1. The zero-order valence-electron chi connectivity index (χ0n) is 16.6. The van der Waals surface area contributed by atoms with Gasteiger partial charge < -0.3 is 24.3 Å². The van der Waals surface area contributed by atoms with Crippen LogP contribution in [0.25, 0.3) is 0 Å². The van der Waals surface area contributed by atoms with Crippen LogP contribution in [0.1, 0.15) is 35.2 Å². The van der Waals surface area contributed by atoms with Crippen molar-refractivity contribution in [2.75, 3.05) is 34.5 Å². The summed E-state index contributed by atoms with van der Waals surface area (Å²) in [5, 5.41) is 3.57. The molecule has 1 saturated heterocycles. The maximum atomic E-state index is 12.8. The van der Waals surface area contributed by atoms with Gasteiger partial charge >= 0.3 is 5.97 Å². The van der Waals surface area contributed by atoms with Crippen LogP contribution < -0.4 is 19.5 Å². The number of methoxy groups -OCH3 is 3. The van der Waals surface area contributed by atoms with Gasteiger partial charge in [0.25, 0.3) is 0 Å². The molecule has 1 heterocycles. The number of rotatable bonds is 7. The van der Waals surface area contributed by atoms with Crippen LogP contribution in [0.3, 0.4) is 0 Å². The first kappa shape index (κ1) is 20.0. The van der Waals surface area contributed by atoms with Crippen molar-refractivity contribution in [1.82, 2.24) is 5.32 Å². The molecule has 0 aliphatic carbocycles. The minimum atomic E-state index is -0.429. The average molecular weight is 385 g/mol. The van der Waals surface area contributed by atoms with E-state index in [2.05, 4.69) is 17.4 Å². The number of benzene rings is 2. The molecule has 1 N–H and O–H groups in total. The SMILES string of the molecule is COc1cc(C(=O)OCC2(c3ccccc3)CCCCN2)cc(OC)c1OC. The molecule has 3 rings (SSSR count). The maximum Gasteiger partial charge on any atom is 0.338 e. The van der Waals surface area contributed by atoms with E-state index in [1.807, 2.05) is 18.2 Å². The highest BCUT2D eigenvalue weighted by Gasteiger charge is 2.35. The van der Waals surface area contributed by atoms with E-state index >= 15 is 0 Å². The van der Waals surface area contributed by atoms with Gasteiger partial charge in [0.15, 0.2) is 11.5 Å². The van der Waals surface area contributed by atoms with Crippen LogP contribution in [0.15, 0.2) is 42.5 Å². The Hall–Kier alpha value is -2.73. The monoisotopic (exact) mass is 385 g/mol. The van der Waals surface area contributed by atoms with Gasteiger partial charge in [-0.05, 0) is 43.5 Å². The van der Waals surface area contributed by atoms with E-state index in [1.54, 1.807) is 12.1 Å². The number of esters is 1. The summed E-state index contributed by atoms with van der Waals surface area (Å²) in [7, 11) is 4.56. The lowest BCUT2D eigenvalue weighted by molar-refractivity contribution is 0.0314. The topological polar surface area (TPSA) is 66.0 Å². The van der Waals surface area contributed by atoms with Crippen LogP contribution in [0.5, 0.6) is 17.2 Å². The quantitative estimate of drug-likeness (QED) is 0.736. The maximum absolute atomic E-state index is 12.8. The van der Waals surface area contributed by atoms with Gasteiger partial charge in [0.05, 0.1) is 32.4 Å². The Morgan fingerprint density at radius 1 is 1.00 bits per heavy atom. The van der Waals surface area contributed by atoms with E-state index in [-0.39, 0.29) is 12.1 Å². The van der Waals surface area contributed by atoms with Crippen LogP contribution >= 0.6 is 0 Å².